The molecule has 0 N–H and O–H groups in total. The number of hydrogen-bond donors (Lipinski definition) is 0. The van der Waals surface area contributed by atoms with Crippen molar-refractivity contribution >= 4 is 0 Å². The van der Waals surface area contributed by atoms with Crippen LogP contribution in [0.3, 0.4) is 0 Å². The van der Waals surface area contributed by atoms with Crippen LogP contribution in [-0.2, 0) is 0 Å². The Morgan fingerprint density at radius 3 is 2.64 bits per heavy atom. The second kappa shape index (κ2) is 7.77. The Bertz CT molecular complexity index is 88.9. The van der Waals surface area contributed by atoms with Gasteiger partial charge in [-0.15, -0.1) is 6.58 Å². The maximum absolute atomic E-state index is 11.9. The average Bonchev–Trinajstić information content (AvgIpc) is 2.01. The van der Waals surface area contributed by atoms with Crippen LogP contribution in [0.1, 0.15) is 39.0 Å². The lowest BCUT2D eigenvalue weighted by Gasteiger charge is -2.10. The fourth-order valence-corrected chi connectivity index (χ4v) is 1.09. The molecule has 0 aliphatic rings. The molecule has 0 bridgehead atoms. The third-order valence-electron chi connectivity index (χ3n) is 1.76. The third-order valence-corrected chi connectivity index (χ3v) is 1.76. The fraction of sp³-hybridized carbons (Fsp3) is 0.700. The molecule has 11 heavy (non-hydrogen) atoms. The van der Waals surface area contributed by atoms with Crippen LogP contribution in [0.2, 0.25) is 0 Å². The van der Waals surface area contributed by atoms with E-state index in [1.54, 1.807) is 0 Å². The Morgan fingerprint density at radius 2 is 2.18 bits per heavy atom. The standard InChI is InChI=1S/C10H18F/c1-3-5-7-10(6-4-2)8-9-11/h4H,2-3,5-9H2,1H3. The monoisotopic (exact) mass is 157 g/mol. The smallest absolute Gasteiger partial charge is 0.0900 e. The predicted molar refractivity (Wildman–Crippen MR) is 48.2 cm³/mol. The first-order valence-electron chi connectivity index (χ1n) is 4.35. The minimum Gasteiger partial charge on any atom is -0.251 e. The zero-order chi connectivity index (χ0) is 8.53. The molecule has 0 spiro atoms. The SMILES string of the molecule is C=CC[C](CCF)CCCC. The Kier molecular flexibility index (Phi) is 7.54. The Hall–Kier alpha value is -0.330. The van der Waals surface area contributed by atoms with E-state index >= 15 is 0 Å². The van der Waals surface area contributed by atoms with Gasteiger partial charge in [0.15, 0.2) is 0 Å². The van der Waals surface area contributed by atoms with E-state index in [-0.39, 0.29) is 6.67 Å². The summed E-state index contributed by atoms with van der Waals surface area (Å²) in [6.45, 7) is 5.59. The van der Waals surface area contributed by atoms with Crippen molar-refractivity contribution < 1.29 is 4.39 Å². The molecule has 0 saturated heterocycles. The van der Waals surface area contributed by atoms with Crippen molar-refractivity contribution in [2.24, 2.45) is 0 Å². The van der Waals surface area contributed by atoms with E-state index in [1.807, 2.05) is 6.08 Å². The van der Waals surface area contributed by atoms with Crippen LogP contribution >= 0.6 is 0 Å². The quantitative estimate of drug-likeness (QED) is 0.494. The van der Waals surface area contributed by atoms with Crippen LogP contribution in [0.25, 0.3) is 0 Å². The molecule has 0 rings (SSSR count). The van der Waals surface area contributed by atoms with Gasteiger partial charge in [-0.1, -0.05) is 25.8 Å². The third kappa shape index (κ3) is 6.08. The summed E-state index contributed by atoms with van der Waals surface area (Å²) in [5.74, 6) is 1.31. The zero-order valence-electron chi connectivity index (χ0n) is 7.41. The van der Waals surface area contributed by atoms with E-state index in [4.69, 9.17) is 0 Å². The summed E-state index contributed by atoms with van der Waals surface area (Å²) in [5.41, 5.74) is 0. The highest BCUT2D eigenvalue weighted by Crippen LogP contribution is 2.19. The molecule has 0 fully saturated rings. The summed E-state index contributed by atoms with van der Waals surface area (Å²) in [5, 5.41) is 0. The van der Waals surface area contributed by atoms with Crippen LogP contribution < -0.4 is 0 Å². The first-order valence-corrected chi connectivity index (χ1v) is 4.35. The van der Waals surface area contributed by atoms with Gasteiger partial charge in [0.1, 0.15) is 0 Å². The van der Waals surface area contributed by atoms with Crippen LogP contribution in [0.4, 0.5) is 4.39 Å². The van der Waals surface area contributed by atoms with Gasteiger partial charge in [-0.25, -0.2) is 0 Å². The van der Waals surface area contributed by atoms with Gasteiger partial charge in [0.05, 0.1) is 6.67 Å². The van der Waals surface area contributed by atoms with E-state index in [9.17, 15) is 4.39 Å². The lowest BCUT2D eigenvalue weighted by atomic mass is 9.96. The van der Waals surface area contributed by atoms with Crippen molar-refractivity contribution in [2.45, 2.75) is 39.0 Å². The largest absolute Gasteiger partial charge is 0.251 e. The normalized spacial score (nSPS) is 10.5. The molecule has 1 heteroatoms. The minimum absolute atomic E-state index is 0.215. The first-order chi connectivity index (χ1) is 5.35. The Labute approximate surface area is 69.5 Å². The number of rotatable bonds is 7. The van der Waals surface area contributed by atoms with Crippen molar-refractivity contribution in [3.8, 4) is 0 Å². The molecule has 1 radical (unpaired) electrons. The van der Waals surface area contributed by atoms with Crippen molar-refractivity contribution in [2.75, 3.05) is 6.67 Å². The topological polar surface area (TPSA) is 0 Å². The molecule has 0 heterocycles. The van der Waals surface area contributed by atoms with Gasteiger partial charge in [0, 0.05) is 0 Å². The first kappa shape index (κ1) is 10.7. The van der Waals surface area contributed by atoms with Crippen LogP contribution in [0, 0.1) is 5.92 Å². The lowest BCUT2D eigenvalue weighted by molar-refractivity contribution is 0.463. The minimum atomic E-state index is -0.215. The van der Waals surface area contributed by atoms with Crippen LogP contribution in [0.15, 0.2) is 12.7 Å². The van der Waals surface area contributed by atoms with Gasteiger partial charge >= 0.3 is 0 Å². The molecule has 0 nitrogen and oxygen atoms in total. The molecule has 0 aromatic rings. The summed E-state index contributed by atoms with van der Waals surface area (Å²) < 4.78 is 11.9. The van der Waals surface area contributed by atoms with Gasteiger partial charge in [0.25, 0.3) is 0 Å². The highest BCUT2D eigenvalue weighted by atomic mass is 19.1. The second-order valence-corrected chi connectivity index (χ2v) is 2.79. The average molecular weight is 157 g/mol. The molecule has 0 aliphatic heterocycles. The van der Waals surface area contributed by atoms with Gasteiger partial charge in [-0.2, -0.15) is 0 Å². The number of allylic oxidation sites excluding steroid dienone is 1. The number of alkyl halides is 1. The van der Waals surface area contributed by atoms with E-state index in [0.29, 0.717) is 6.42 Å². The van der Waals surface area contributed by atoms with E-state index in [2.05, 4.69) is 13.5 Å². The second-order valence-electron chi connectivity index (χ2n) is 2.79. The van der Waals surface area contributed by atoms with Gasteiger partial charge in [-0.3, -0.25) is 4.39 Å². The Balaban J connectivity index is 3.41. The molecule has 0 aromatic heterocycles. The van der Waals surface area contributed by atoms with Crippen molar-refractivity contribution in [3.05, 3.63) is 18.6 Å². The molecule has 0 aliphatic carbocycles. The number of unbranched alkanes of at least 4 members (excludes halogenated alkanes) is 1. The maximum Gasteiger partial charge on any atom is 0.0900 e. The summed E-state index contributed by atoms with van der Waals surface area (Å²) in [6.07, 6.45) is 6.83. The molecule has 65 valence electrons. The highest BCUT2D eigenvalue weighted by Gasteiger charge is 2.05. The Morgan fingerprint density at radius 1 is 1.45 bits per heavy atom. The van der Waals surface area contributed by atoms with E-state index in [1.165, 1.54) is 18.8 Å². The number of hydrogen-bond acceptors (Lipinski definition) is 0. The summed E-state index contributed by atoms with van der Waals surface area (Å²) >= 11 is 0. The molecule has 0 atom stereocenters. The lowest BCUT2D eigenvalue weighted by Crippen LogP contribution is -1.97. The summed E-state index contributed by atoms with van der Waals surface area (Å²) in [6, 6.07) is 0. The molecule has 0 amide bonds. The molecule has 0 unspecified atom stereocenters. The van der Waals surface area contributed by atoms with Crippen LogP contribution in [-0.4, -0.2) is 6.67 Å². The van der Waals surface area contributed by atoms with Crippen molar-refractivity contribution in [3.63, 3.8) is 0 Å². The molecular weight excluding hydrogens is 139 g/mol. The molecule has 0 saturated carbocycles. The van der Waals surface area contributed by atoms with Gasteiger partial charge < -0.3 is 0 Å². The fourth-order valence-electron chi connectivity index (χ4n) is 1.09. The predicted octanol–water partition coefficient (Wildman–Crippen LogP) is 3.69. The highest BCUT2D eigenvalue weighted by molar-refractivity contribution is 4.95. The molecular formula is C10H18F. The summed E-state index contributed by atoms with van der Waals surface area (Å²) in [4.78, 5) is 0. The van der Waals surface area contributed by atoms with Gasteiger partial charge in [0.2, 0.25) is 0 Å². The van der Waals surface area contributed by atoms with E-state index in [0.717, 1.165) is 12.8 Å². The van der Waals surface area contributed by atoms with E-state index < -0.39 is 0 Å². The summed E-state index contributed by atoms with van der Waals surface area (Å²) in [7, 11) is 0. The number of halogens is 1. The van der Waals surface area contributed by atoms with Crippen molar-refractivity contribution in [1.29, 1.82) is 0 Å². The molecule has 0 aromatic carbocycles. The zero-order valence-corrected chi connectivity index (χ0v) is 7.41. The van der Waals surface area contributed by atoms with Crippen molar-refractivity contribution in [1.82, 2.24) is 0 Å². The van der Waals surface area contributed by atoms with Crippen LogP contribution in [0.5, 0.6) is 0 Å². The maximum atomic E-state index is 11.9. The van der Waals surface area contributed by atoms with Gasteiger partial charge in [-0.05, 0) is 25.2 Å².